The summed E-state index contributed by atoms with van der Waals surface area (Å²) in [5, 5.41) is -0.326. The maximum absolute atomic E-state index is 12.4. The van der Waals surface area contributed by atoms with E-state index in [1.54, 1.807) is 0 Å². The first-order valence-corrected chi connectivity index (χ1v) is 9.26. The monoisotopic (exact) mass is 287 g/mol. The Kier molecular flexibility index (Phi) is 4.35. The average Bonchev–Trinajstić information content (AvgIpc) is 2.75. The molecule has 0 aromatic rings. The molecule has 2 atom stereocenters. The van der Waals surface area contributed by atoms with E-state index in [1.807, 2.05) is 0 Å². The number of hydrogen-bond acceptors (Lipinski definition) is 4. The fourth-order valence-corrected chi connectivity index (χ4v) is 4.75. The second-order valence-corrected chi connectivity index (χ2v) is 8.85. The summed E-state index contributed by atoms with van der Waals surface area (Å²) in [5.41, 5.74) is 5.94. The van der Waals surface area contributed by atoms with Crippen LogP contribution in [0.25, 0.3) is 0 Å². The van der Waals surface area contributed by atoms with Crippen molar-refractivity contribution in [2.75, 3.05) is 6.26 Å². The van der Waals surface area contributed by atoms with Gasteiger partial charge in [-0.3, -0.25) is 4.79 Å². The first-order valence-electron chi connectivity index (χ1n) is 7.31. The summed E-state index contributed by atoms with van der Waals surface area (Å²) in [6, 6.07) is 0. The summed E-state index contributed by atoms with van der Waals surface area (Å²) in [5.74, 6) is 0.104. The van der Waals surface area contributed by atoms with E-state index in [-0.39, 0.29) is 22.5 Å². The molecule has 0 radical (unpaired) electrons. The average molecular weight is 287 g/mol. The van der Waals surface area contributed by atoms with Crippen molar-refractivity contribution in [2.24, 2.45) is 11.7 Å². The van der Waals surface area contributed by atoms with Crippen LogP contribution in [0.5, 0.6) is 0 Å². The Balaban J connectivity index is 1.95. The van der Waals surface area contributed by atoms with Gasteiger partial charge in [0.1, 0.15) is 15.6 Å². The lowest BCUT2D eigenvalue weighted by Gasteiger charge is -2.30. The molecule has 2 fully saturated rings. The van der Waals surface area contributed by atoms with Gasteiger partial charge in [0.15, 0.2) is 0 Å². The molecule has 2 unspecified atom stereocenters. The Labute approximate surface area is 116 Å². The molecule has 2 N–H and O–H groups in total. The summed E-state index contributed by atoms with van der Waals surface area (Å²) in [6.07, 6.45) is 8.69. The Bertz CT molecular complexity index is 438. The molecule has 0 amide bonds. The van der Waals surface area contributed by atoms with Crippen LogP contribution < -0.4 is 5.73 Å². The largest absolute Gasteiger partial charge is 0.325 e. The van der Waals surface area contributed by atoms with Crippen molar-refractivity contribution in [3.05, 3.63) is 0 Å². The highest BCUT2D eigenvalue weighted by atomic mass is 32.2. The molecule has 0 saturated heterocycles. The third-order valence-corrected chi connectivity index (χ3v) is 6.45. The zero-order valence-corrected chi connectivity index (χ0v) is 12.5. The van der Waals surface area contributed by atoms with Crippen molar-refractivity contribution in [2.45, 2.75) is 68.6 Å². The highest BCUT2D eigenvalue weighted by molar-refractivity contribution is 7.91. The summed E-state index contributed by atoms with van der Waals surface area (Å²) in [6.45, 7) is 0. The van der Waals surface area contributed by atoms with E-state index in [4.69, 9.17) is 5.73 Å². The van der Waals surface area contributed by atoms with E-state index < -0.39 is 9.84 Å². The number of nitrogens with two attached hydrogens (primary N) is 1. The van der Waals surface area contributed by atoms with Gasteiger partial charge in [0.2, 0.25) is 0 Å². The summed E-state index contributed by atoms with van der Waals surface area (Å²) in [4.78, 5) is 12.4. The molecular formula is C14H25NO3S. The maximum atomic E-state index is 12.4. The molecule has 2 saturated carbocycles. The zero-order valence-electron chi connectivity index (χ0n) is 11.7. The molecule has 0 aliphatic heterocycles. The standard InChI is InChI=1S/C14H25NO3S/c1-19(17,18)12-6-4-5-11(9-12)13(16)10-14(15)7-2-3-8-14/h11-12H,2-10,15H2,1H3. The first kappa shape index (κ1) is 15.0. The van der Waals surface area contributed by atoms with Crippen molar-refractivity contribution in [1.82, 2.24) is 0 Å². The first-order chi connectivity index (χ1) is 8.80. The van der Waals surface area contributed by atoms with E-state index in [1.165, 1.54) is 6.26 Å². The van der Waals surface area contributed by atoms with Crippen LogP contribution in [0.1, 0.15) is 57.8 Å². The predicted molar refractivity (Wildman–Crippen MR) is 75.6 cm³/mol. The van der Waals surface area contributed by atoms with Crippen LogP contribution in [0.3, 0.4) is 0 Å². The van der Waals surface area contributed by atoms with Crippen LogP contribution in [0, 0.1) is 5.92 Å². The van der Waals surface area contributed by atoms with E-state index in [9.17, 15) is 13.2 Å². The van der Waals surface area contributed by atoms with Gasteiger partial charge in [-0.1, -0.05) is 19.3 Å². The third-order valence-electron chi connectivity index (χ3n) is 4.81. The Morgan fingerprint density at radius 2 is 1.84 bits per heavy atom. The minimum atomic E-state index is -3.02. The van der Waals surface area contributed by atoms with Gasteiger partial charge in [-0.25, -0.2) is 8.42 Å². The highest BCUT2D eigenvalue weighted by Gasteiger charge is 2.37. The van der Waals surface area contributed by atoms with Crippen LogP contribution >= 0.6 is 0 Å². The van der Waals surface area contributed by atoms with Crippen molar-refractivity contribution in [1.29, 1.82) is 0 Å². The lowest BCUT2D eigenvalue weighted by Crippen LogP contribution is -2.41. The summed E-state index contributed by atoms with van der Waals surface area (Å²) < 4.78 is 23.3. The lowest BCUT2D eigenvalue weighted by molar-refractivity contribution is -0.124. The number of hydrogen-bond donors (Lipinski definition) is 1. The molecule has 2 aliphatic carbocycles. The van der Waals surface area contributed by atoms with Gasteiger partial charge in [-0.05, 0) is 32.1 Å². The van der Waals surface area contributed by atoms with Gasteiger partial charge < -0.3 is 5.73 Å². The fourth-order valence-electron chi connectivity index (χ4n) is 3.57. The van der Waals surface area contributed by atoms with Crippen molar-refractivity contribution in [3.8, 4) is 0 Å². The number of carbonyl (C=O) groups is 1. The molecular weight excluding hydrogens is 262 g/mol. The molecule has 110 valence electrons. The molecule has 19 heavy (non-hydrogen) atoms. The third kappa shape index (κ3) is 3.78. The second-order valence-electron chi connectivity index (χ2n) is 6.53. The number of Topliss-reactive ketones (excluding diaryl/α,β-unsaturated/α-hetero) is 1. The van der Waals surface area contributed by atoms with E-state index in [2.05, 4.69) is 0 Å². The van der Waals surface area contributed by atoms with E-state index in [0.717, 1.165) is 38.5 Å². The Morgan fingerprint density at radius 1 is 1.21 bits per heavy atom. The maximum Gasteiger partial charge on any atom is 0.150 e. The van der Waals surface area contributed by atoms with Crippen LogP contribution in [-0.2, 0) is 14.6 Å². The molecule has 0 bridgehead atoms. The van der Waals surface area contributed by atoms with Crippen molar-refractivity contribution in [3.63, 3.8) is 0 Å². The minimum Gasteiger partial charge on any atom is -0.325 e. The molecule has 0 heterocycles. The molecule has 0 aromatic carbocycles. The Hall–Kier alpha value is -0.420. The molecule has 5 heteroatoms. The quantitative estimate of drug-likeness (QED) is 0.855. The smallest absolute Gasteiger partial charge is 0.150 e. The van der Waals surface area contributed by atoms with Crippen LogP contribution in [0.15, 0.2) is 0 Å². The molecule has 0 aromatic heterocycles. The minimum absolute atomic E-state index is 0.0884. The highest BCUT2D eigenvalue weighted by Crippen LogP contribution is 2.35. The zero-order chi connectivity index (χ0) is 14.1. The van der Waals surface area contributed by atoms with Gasteiger partial charge in [0.05, 0.1) is 5.25 Å². The topological polar surface area (TPSA) is 77.2 Å². The van der Waals surface area contributed by atoms with Gasteiger partial charge in [0, 0.05) is 24.1 Å². The number of sulfone groups is 1. The van der Waals surface area contributed by atoms with Gasteiger partial charge in [-0.15, -0.1) is 0 Å². The molecule has 2 rings (SSSR count). The van der Waals surface area contributed by atoms with Crippen molar-refractivity contribution >= 4 is 15.6 Å². The fraction of sp³-hybridized carbons (Fsp3) is 0.929. The second kappa shape index (κ2) is 5.52. The SMILES string of the molecule is CS(=O)(=O)C1CCCC(C(=O)CC2(N)CCCC2)C1. The number of carbonyl (C=O) groups excluding carboxylic acids is 1. The summed E-state index contributed by atoms with van der Waals surface area (Å²) in [7, 11) is -3.02. The van der Waals surface area contributed by atoms with Gasteiger partial charge in [0.25, 0.3) is 0 Å². The van der Waals surface area contributed by atoms with Crippen LogP contribution in [0.4, 0.5) is 0 Å². The molecule has 4 nitrogen and oxygen atoms in total. The van der Waals surface area contributed by atoms with Crippen LogP contribution in [0.2, 0.25) is 0 Å². The normalized spacial score (nSPS) is 31.3. The summed E-state index contributed by atoms with van der Waals surface area (Å²) >= 11 is 0. The predicted octanol–water partition coefficient (Wildman–Crippen LogP) is 1.82. The van der Waals surface area contributed by atoms with Crippen molar-refractivity contribution < 1.29 is 13.2 Å². The van der Waals surface area contributed by atoms with Gasteiger partial charge in [-0.2, -0.15) is 0 Å². The lowest BCUT2D eigenvalue weighted by atomic mass is 9.80. The van der Waals surface area contributed by atoms with Crippen LogP contribution in [-0.4, -0.2) is 31.2 Å². The van der Waals surface area contributed by atoms with E-state index >= 15 is 0 Å². The number of ketones is 1. The molecule has 0 spiro atoms. The molecule has 2 aliphatic rings. The Morgan fingerprint density at radius 3 is 2.42 bits per heavy atom. The van der Waals surface area contributed by atoms with Gasteiger partial charge >= 0.3 is 0 Å². The van der Waals surface area contributed by atoms with E-state index in [0.29, 0.717) is 19.3 Å². The number of rotatable bonds is 4.